The zero-order valence-electron chi connectivity index (χ0n) is 18.3. The van der Waals surface area contributed by atoms with Crippen LogP contribution in [0.4, 0.5) is 5.13 Å². The van der Waals surface area contributed by atoms with E-state index in [1.807, 2.05) is 0 Å². The van der Waals surface area contributed by atoms with Crippen molar-refractivity contribution in [1.82, 2.24) is 9.88 Å². The van der Waals surface area contributed by atoms with Crippen molar-refractivity contribution in [2.24, 2.45) is 16.8 Å². The van der Waals surface area contributed by atoms with Crippen molar-refractivity contribution in [2.45, 2.75) is 35.3 Å². The van der Waals surface area contributed by atoms with Crippen molar-refractivity contribution in [3.05, 3.63) is 11.1 Å². The first-order valence-electron chi connectivity index (χ1n) is 9.93. The predicted octanol–water partition coefficient (Wildman–Crippen LogP) is -0.185. The van der Waals surface area contributed by atoms with E-state index < -0.39 is 38.7 Å². The summed E-state index contributed by atoms with van der Waals surface area (Å²) in [6.07, 6.45) is -0.255. The van der Waals surface area contributed by atoms with Gasteiger partial charge in [0, 0.05) is 24.1 Å². The third kappa shape index (κ3) is 5.04. The number of aliphatic carboxylic acids is 1. The summed E-state index contributed by atoms with van der Waals surface area (Å²) >= 11 is 3.49. The number of rotatable bonds is 11. The standard InChI is InChI=1S/C18H22BN5O7S3/c1-17(2,14(27)28)31-23-11(9-6-32-16(21)22-9)10(25)5-8-12(26)24-7-18(15(29)30-19,33-4-3-20)34-13(8)24/h6,8,13H,3-5,7,20H2,1-2H3,(H2,21,22)(H,27,28)/b23-11-/t8-,13?,18-/m1/s1. The number of Topliss-reactive ketones (excluding diaryl/α,β-unsaturated/α-hetero) is 1. The molecule has 0 spiro atoms. The van der Waals surface area contributed by atoms with E-state index in [-0.39, 0.29) is 35.4 Å². The third-order valence-corrected chi connectivity index (χ3v) is 9.15. The molecule has 16 heteroatoms. The average Bonchev–Trinajstić information content (AvgIpc) is 3.38. The first-order chi connectivity index (χ1) is 16.0. The molecule has 182 valence electrons. The molecule has 2 saturated heterocycles. The van der Waals surface area contributed by atoms with Crippen molar-refractivity contribution in [3.63, 3.8) is 0 Å². The molecule has 3 heterocycles. The van der Waals surface area contributed by atoms with Crippen LogP contribution < -0.4 is 11.5 Å². The Hall–Kier alpha value is -2.30. The van der Waals surface area contributed by atoms with Crippen LogP contribution in [0.2, 0.25) is 0 Å². The normalized spacial score (nSPS) is 24.4. The molecule has 5 N–H and O–H groups in total. The second-order valence-electron chi connectivity index (χ2n) is 7.92. The zero-order valence-corrected chi connectivity index (χ0v) is 20.7. The number of oxime groups is 1. The molecule has 1 aromatic heterocycles. The number of nitrogens with zero attached hydrogens (tertiary/aromatic N) is 3. The highest BCUT2D eigenvalue weighted by atomic mass is 32.2. The molecule has 0 aromatic carbocycles. The molecule has 2 aliphatic heterocycles. The van der Waals surface area contributed by atoms with Gasteiger partial charge < -0.3 is 31.0 Å². The Labute approximate surface area is 208 Å². The van der Waals surface area contributed by atoms with Crippen LogP contribution in [0.3, 0.4) is 0 Å². The second-order valence-corrected chi connectivity index (χ2v) is 11.9. The molecule has 2 radical (unpaired) electrons. The molecule has 1 aromatic rings. The van der Waals surface area contributed by atoms with E-state index in [1.54, 1.807) is 0 Å². The van der Waals surface area contributed by atoms with Gasteiger partial charge in [0.05, 0.1) is 17.8 Å². The number of anilines is 1. The molecular formula is C18H22BN5O7S3. The number of β-lactam (4-membered cyclic amide) rings is 1. The van der Waals surface area contributed by atoms with Gasteiger partial charge in [-0.05, 0) is 13.8 Å². The molecular weight excluding hydrogens is 505 g/mol. The second kappa shape index (κ2) is 10.1. The highest BCUT2D eigenvalue weighted by Gasteiger charge is 2.62. The highest BCUT2D eigenvalue weighted by molar-refractivity contribution is 8.20. The molecule has 1 amide bonds. The number of hydrogen-bond donors (Lipinski definition) is 3. The first kappa shape index (κ1) is 26.3. The molecule has 0 saturated carbocycles. The van der Waals surface area contributed by atoms with Gasteiger partial charge in [0.1, 0.15) is 5.69 Å². The smallest absolute Gasteiger partial charge is 0.378 e. The van der Waals surface area contributed by atoms with Crippen molar-refractivity contribution < 1.29 is 33.8 Å². The van der Waals surface area contributed by atoms with E-state index in [0.717, 1.165) is 11.3 Å². The summed E-state index contributed by atoms with van der Waals surface area (Å²) < 4.78 is 3.33. The molecule has 0 bridgehead atoms. The minimum absolute atomic E-state index is 0.0754. The number of ketones is 1. The lowest BCUT2D eigenvalue weighted by atomic mass is 9.90. The van der Waals surface area contributed by atoms with Crippen LogP contribution in [0.15, 0.2) is 10.5 Å². The van der Waals surface area contributed by atoms with Crippen molar-refractivity contribution in [1.29, 1.82) is 0 Å². The summed E-state index contributed by atoms with van der Waals surface area (Å²) in [5.41, 5.74) is 9.38. The van der Waals surface area contributed by atoms with Gasteiger partial charge in [0.25, 0.3) is 0 Å². The first-order valence-corrected chi connectivity index (χ1v) is 12.7. The van der Waals surface area contributed by atoms with E-state index in [9.17, 15) is 24.3 Å². The molecule has 3 atom stereocenters. The Morgan fingerprint density at radius 1 is 1.47 bits per heavy atom. The molecule has 2 fully saturated rings. The summed E-state index contributed by atoms with van der Waals surface area (Å²) in [5, 5.41) is 14.2. The van der Waals surface area contributed by atoms with E-state index in [0.29, 0.717) is 12.3 Å². The van der Waals surface area contributed by atoms with Gasteiger partial charge in [0.2, 0.25) is 11.5 Å². The van der Waals surface area contributed by atoms with Crippen LogP contribution in [0, 0.1) is 5.92 Å². The number of carbonyl (C=O) groups is 4. The number of carboxylic acid groups (broad SMARTS) is 1. The Bertz CT molecular complexity index is 1040. The van der Waals surface area contributed by atoms with Crippen LogP contribution in [0.1, 0.15) is 26.0 Å². The fourth-order valence-corrected chi connectivity index (χ4v) is 6.89. The molecule has 34 heavy (non-hydrogen) atoms. The fourth-order valence-electron chi connectivity index (χ4n) is 3.25. The predicted molar refractivity (Wildman–Crippen MR) is 128 cm³/mol. The number of hydrogen-bond acceptors (Lipinski definition) is 13. The minimum Gasteiger partial charge on any atom is -0.542 e. The maximum Gasteiger partial charge on any atom is 0.378 e. The summed E-state index contributed by atoms with van der Waals surface area (Å²) in [7, 11) is 5.11. The number of nitrogen functional groups attached to an aromatic ring is 1. The Kier molecular flexibility index (Phi) is 7.84. The van der Waals surface area contributed by atoms with Gasteiger partial charge in [-0.15, -0.1) is 34.9 Å². The number of aromatic nitrogens is 1. The van der Waals surface area contributed by atoms with Crippen molar-refractivity contribution in [3.8, 4) is 0 Å². The van der Waals surface area contributed by atoms with Crippen LogP contribution >= 0.6 is 34.9 Å². The minimum atomic E-state index is -1.71. The number of carboxylic acids is 1. The third-order valence-electron chi connectivity index (χ3n) is 5.13. The summed E-state index contributed by atoms with van der Waals surface area (Å²) in [6.45, 7) is 2.93. The maximum atomic E-state index is 13.2. The number of thioether (sulfide) groups is 2. The summed E-state index contributed by atoms with van der Waals surface area (Å²) in [4.78, 5) is 60.3. The number of thiazole rings is 1. The van der Waals surface area contributed by atoms with Gasteiger partial charge in [-0.1, -0.05) is 5.16 Å². The maximum absolute atomic E-state index is 13.2. The van der Waals surface area contributed by atoms with E-state index >= 15 is 0 Å². The van der Waals surface area contributed by atoms with Crippen LogP contribution in [0.5, 0.6) is 0 Å². The Balaban J connectivity index is 1.80. The number of nitrogens with two attached hydrogens (primary N) is 2. The lowest BCUT2D eigenvalue weighted by Crippen LogP contribution is -2.57. The SMILES string of the molecule is [B]OC(=O)[C@@]1(SCCN)CN2C(=O)[C@@H](CC(=O)/C(=N\OC(C)(C)C(=O)O)c3csc(N)n3)C2S1. The van der Waals surface area contributed by atoms with Crippen LogP contribution in [-0.2, 0) is 28.7 Å². The fraction of sp³-hybridized carbons (Fsp3) is 0.556. The van der Waals surface area contributed by atoms with Gasteiger partial charge in [-0.25, -0.2) is 9.78 Å². The summed E-state index contributed by atoms with van der Waals surface area (Å²) in [6, 6.07) is 0. The number of amides is 1. The molecule has 12 nitrogen and oxygen atoms in total. The molecule has 2 aliphatic rings. The quantitative estimate of drug-likeness (QED) is 0.149. The highest BCUT2D eigenvalue weighted by Crippen LogP contribution is 2.55. The van der Waals surface area contributed by atoms with E-state index in [2.05, 4.69) is 14.8 Å². The zero-order chi connectivity index (χ0) is 25.3. The van der Waals surface area contributed by atoms with Crippen molar-refractivity contribution in [2.75, 3.05) is 24.6 Å². The van der Waals surface area contributed by atoms with Gasteiger partial charge >= 0.3 is 20.0 Å². The lowest BCUT2D eigenvalue weighted by Gasteiger charge is -2.41. The number of carbonyl (C=O) groups excluding carboxylic acids is 3. The summed E-state index contributed by atoms with van der Waals surface area (Å²) in [5.74, 6) is -3.16. The molecule has 0 aliphatic carbocycles. The van der Waals surface area contributed by atoms with Gasteiger partial charge in [0.15, 0.2) is 20.7 Å². The lowest BCUT2D eigenvalue weighted by molar-refractivity contribution is -0.161. The van der Waals surface area contributed by atoms with Gasteiger partial charge in [-0.2, -0.15) is 0 Å². The Morgan fingerprint density at radius 3 is 2.74 bits per heavy atom. The van der Waals surface area contributed by atoms with Crippen molar-refractivity contribution >= 4 is 77.4 Å². The average molecular weight is 527 g/mol. The van der Waals surface area contributed by atoms with Crippen LogP contribution in [-0.4, -0.2) is 86.3 Å². The molecule has 3 rings (SSSR count). The monoisotopic (exact) mass is 527 g/mol. The number of fused-ring (bicyclic) bond motifs is 1. The van der Waals surface area contributed by atoms with Crippen LogP contribution in [0.25, 0.3) is 0 Å². The molecule has 1 unspecified atom stereocenters. The van der Waals surface area contributed by atoms with Gasteiger partial charge in [-0.3, -0.25) is 14.4 Å². The Morgan fingerprint density at radius 2 is 2.18 bits per heavy atom. The largest absolute Gasteiger partial charge is 0.542 e. The van der Waals surface area contributed by atoms with E-state index in [1.165, 1.54) is 47.7 Å². The van der Waals surface area contributed by atoms with E-state index in [4.69, 9.17) is 24.4 Å². The topological polar surface area (TPSA) is 188 Å².